The molecule has 0 bridgehead atoms. The third-order valence-electron chi connectivity index (χ3n) is 1.87. The second-order valence-electron chi connectivity index (χ2n) is 3.23. The summed E-state index contributed by atoms with van der Waals surface area (Å²) >= 11 is 0. The van der Waals surface area contributed by atoms with E-state index in [4.69, 9.17) is 22.3 Å². The van der Waals surface area contributed by atoms with Crippen LogP contribution < -0.4 is 17.2 Å². The molecule has 0 aliphatic rings. The Labute approximate surface area is 94.3 Å². The summed E-state index contributed by atoms with van der Waals surface area (Å²) in [6.45, 7) is 0. The number of phenolic OH excluding ortho intramolecular Hbond substituents is 1. The summed E-state index contributed by atoms with van der Waals surface area (Å²) < 4.78 is 0. The fourth-order valence-corrected chi connectivity index (χ4v) is 0.984. The smallest absolute Gasteiger partial charge is 0.138 e. The Morgan fingerprint density at radius 1 is 0.688 bits per heavy atom. The van der Waals surface area contributed by atoms with Crippen LogP contribution in [-0.4, -0.2) is 5.11 Å². The Hall–Kier alpha value is -2.36. The van der Waals surface area contributed by atoms with Crippen LogP contribution in [-0.2, 0) is 0 Å². The van der Waals surface area contributed by atoms with Gasteiger partial charge in [0.05, 0.1) is 5.69 Å². The highest BCUT2D eigenvalue weighted by molar-refractivity contribution is 5.50. The molecule has 0 unspecified atom stereocenters. The van der Waals surface area contributed by atoms with Gasteiger partial charge in [-0.3, -0.25) is 0 Å². The van der Waals surface area contributed by atoms with Crippen LogP contribution in [0.4, 0.5) is 17.1 Å². The number of aromatic hydroxyl groups is 1. The van der Waals surface area contributed by atoms with E-state index in [9.17, 15) is 0 Å². The molecule has 84 valence electrons. The first-order valence-corrected chi connectivity index (χ1v) is 4.74. The lowest BCUT2D eigenvalue weighted by Gasteiger charge is -1.92. The molecule has 0 amide bonds. The molecule has 2 rings (SSSR count). The fourth-order valence-electron chi connectivity index (χ4n) is 0.984. The molecule has 4 nitrogen and oxygen atoms in total. The van der Waals surface area contributed by atoms with E-state index >= 15 is 0 Å². The monoisotopic (exact) mass is 217 g/mol. The van der Waals surface area contributed by atoms with Crippen molar-refractivity contribution in [3.63, 3.8) is 0 Å². The molecule has 0 atom stereocenters. The van der Waals surface area contributed by atoms with Gasteiger partial charge in [0.15, 0.2) is 0 Å². The predicted octanol–water partition coefficient (Wildman–Crippen LogP) is 1.83. The topological polar surface area (TPSA) is 98.3 Å². The first kappa shape index (κ1) is 11.7. The highest BCUT2D eigenvalue weighted by atomic mass is 16.3. The fraction of sp³-hybridized carbons (Fsp3) is 0. The van der Waals surface area contributed by atoms with Crippen LogP contribution in [0.5, 0.6) is 5.75 Å². The summed E-state index contributed by atoms with van der Waals surface area (Å²) in [5.41, 5.74) is 17.9. The molecule has 0 saturated carbocycles. The Kier molecular flexibility index (Phi) is 4.03. The predicted molar refractivity (Wildman–Crippen MR) is 67.8 cm³/mol. The van der Waals surface area contributed by atoms with Crippen molar-refractivity contribution < 1.29 is 5.11 Å². The van der Waals surface area contributed by atoms with Gasteiger partial charge in [0.25, 0.3) is 0 Å². The van der Waals surface area contributed by atoms with Gasteiger partial charge in [-0.25, -0.2) is 0 Å². The van der Waals surface area contributed by atoms with Gasteiger partial charge in [-0.1, -0.05) is 12.1 Å². The summed E-state index contributed by atoms with van der Waals surface area (Å²) in [5, 5.41) is 8.79. The lowest BCUT2D eigenvalue weighted by Crippen LogP contribution is -1.86. The van der Waals surface area contributed by atoms with Gasteiger partial charge in [-0.05, 0) is 36.4 Å². The van der Waals surface area contributed by atoms with Crippen LogP contribution >= 0.6 is 0 Å². The summed E-state index contributed by atoms with van der Waals surface area (Å²) in [5.74, 6) is 0.146. The molecule has 0 fully saturated rings. The van der Waals surface area contributed by atoms with E-state index in [-0.39, 0.29) is 5.75 Å². The summed E-state index contributed by atoms with van der Waals surface area (Å²) in [4.78, 5) is 0. The second-order valence-corrected chi connectivity index (χ2v) is 3.23. The lowest BCUT2D eigenvalue weighted by atomic mass is 10.3. The molecule has 0 aromatic heterocycles. The molecule has 2 aromatic carbocycles. The zero-order valence-electron chi connectivity index (χ0n) is 8.80. The molecular weight excluding hydrogens is 202 g/mol. The van der Waals surface area contributed by atoms with Gasteiger partial charge in [0.1, 0.15) is 5.75 Å². The van der Waals surface area contributed by atoms with Crippen LogP contribution in [0, 0.1) is 0 Å². The van der Waals surface area contributed by atoms with Crippen LogP contribution in [0.15, 0.2) is 48.5 Å². The van der Waals surface area contributed by atoms with Crippen molar-refractivity contribution in [2.24, 2.45) is 0 Å². The molecule has 0 radical (unpaired) electrons. The molecule has 2 aromatic rings. The molecule has 16 heavy (non-hydrogen) atoms. The molecule has 0 saturated heterocycles. The standard InChI is InChI=1S/C6H8N2.C6H7NO/c7-5-1-2-6(8)4-3-5;7-5-3-1-2-4-6(5)8/h1-4H,7-8H2;1-4,8H,7H2. The molecule has 0 spiro atoms. The van der Waals surface area contributed by atoms with E-state index in [1.807, 2.05) is 0 Å². The van der Waals surface area contributed by atoms with Crippen LogP contribution in [0.25, 0.3) is 0 Å². The average Bonchev–Trinajstić information content (AvgIpc) is 2.28. The van der Waals surface area contributed by atoms with Crippen LogP contribution in [0.1, 0.15) is 0 Å². The van der Waals surface area contributed by atoms with Gasteiger partial charge in [-0.15, -0.1) is 0 Å². The quantitative estimate of drug-likeness (QED) is 0.399. The van der Waals surface area contributed by atoms with E-state index in [0.29, 0.717) is 5.69 Å². The maximum atomic E-state index is 8.79. The third-order valence-corrected chi connectivity index (χ3v) is 1.87. The SMILES string of the molecule is Nc1ccc(N)cc1.Nc1ccccc1O. The van der Waals surface area contributed by atoms with Crippen molar-refractivity contribution in [1.29, 1.82) is 0 Å². The number of anilines is 3. The number of para-hydroxylation sites is 2. The largest absolute Gasteiger partial charge is 0.506 e. The highest BCUT2D eigenvalue weighted by Gasteiger charge is 1.87. The van der Waals surface area contributed by atoms with Gasteiger partial charge in [0, 0.05) is 11.4 Å². The molecule has 0 aliphatic heterocycles. The van der Waals surface area contributed by atoms with Gasteiger partial charge < -0.3 is 22.3 Å². The van der Waals surface area contributed by atoms with Crippen molar-refractivity contribution in [1.82, 2.24) is 0 Å². The summed E-state index contributed by atoms with van der Waals surface area (Å²) in [6, 6.07) is 13.8. The second kappa shape index (κ2) is 5.50. The number of benzene rings is 2. The number of phenols is 1. The maximum absolute atomic E-state index is 8.79. The zero-order valence-corrected chi connectivity index (χ0v) is 8.80. The van der Waals surface area contributed by atoms with Gasteiger partial charge in [0.2, 0.25) is 0 Å². The average molecular weight is 217 g/mol. The Morgan fingerprint density at radius 3 is 1.44 bits per heavy atom. The summed E-state index contributed by atoms with van der Waals surface area (Å²) in [7, 11) is 0. The molecule has 0 aliphatic carbocycles. The van der Waals surface area contributed by atoms with E-state index < -0.39 is 0 Å². The van der Waals surface area contributed by atoms with Crippen molar-refractivity contribution in [3.8, 4) is 5.75 Å². The van der Waals surface area contributed by atoms with Crippen molar-refractivity contribution >= 4 is 17.1 Å². The summed E-state index contributed by atoms with van der Waals surface area (Å²) in [6.07, 6.45) is 0. The molecule has 7 N–H and O–H groups in total. The molecular formula is C12H15N3O. The Bertz CT molecular complexity index is 398. The number of hydrogen-bond donors (Lipinski definition) is 4. The van der Waals surface area contributed by atoms with Gasteiger partial charge >= 0.3 is 0 Å². The molecule has 4 heteroatoms. The van der Waals surface area contributed by atoms with E-state index in [1.165, 1.54) is 0 Å². The minimum absolute atomic E-state index is 0.146. The van der Waals surface area contributed by atoms with Gasteiger partial charge in [-0.2, -0.15) is 0 Å². The lowest BCUT2D eigenvalue weighted by molar-refractivity contribution is 0.478. The third kappa shape index (κ3) is 3.79. The number of rotatable bonds is 0. The first-order chi connectivity index (χ1) is 7.59. The number of nitrogens with two attached hydrogens (primary N) is 3. The zero-order chi connectivity index (χ0) is 12.0. The first-order valence-electron chi connectivity index (χ1n) is 4.74. The van der Waals surface area contributed by atoms with E-state index in [1.54, 1.807) is 48.5 Å². The minimum atomic E-state index is 0.146. The van der Waals surface area contributed by atoms with Crippen molar-refractivity contribution in [3.05, 3.63) is 48.5 Å². The highest BCUT2D eigenvalue weighted by Crippen LogP contribution is 2.16. The maximum Gasteiger partial charge on any atom is 0.138 e. The van der Waals surface area contributed by atoms with E-state index in [2.05, 4.69) is 0 Å². The minimum Gasteiger partial charge on any atom is -0.506 e. The number of nitrogen functional groups attached to an aromatic ring is 3. The van der Waals surface area contributed by atoms with E-state index in [0.717, 1.165) is 11.4 Å². The number of hydrogen-bond acceptors (Lipinski definition) is 4. The van der Waals surface area contributed by atoms with Crippen molar-refractivity contribution in [2.75, 3.05) is 17.2 Å². The normalized spacial score (nSPS) is 9.00. The van der Waals surface area contributed by atoms with Crippen LogP contribution in [0.3, 0.4) is 0 Å². The molecule has 0 heterocycles. The Balaban J connectivity index is 0.000000160. The van der Waals surface area contributed by atoms with Crippen LogP contribution in [0.2, 0.25) is 0 Å². The Morgan fingerprint density at radius 2 is 1.12 bits per heavy atom. The van der Waals surface area contributed by atoms with Crippen molar-refractivity contribution in [2.45, 2.75) is 0 Å².